The van der Waals surface area contributed by atoms with Gasteiger partial charge in [0.15, 0.2) is 17.3 Å². The van der Waals surface area contributed by atoms with Gasteiger partial charge < -0.3 is 14.2 Å². The largest absolute Gasteiger partial charge is 0.454 e. The van der Waals surface area contributed by atoms with E-state index < -0.39 is 0 Å². The molecule has 0 amide bonds. The van der Waals surface area contributed by atoms with Crippen molar-refractivity contribution < 1.29 is 14.2 Å². The Labute approximate surface area is 158 Å². The number of hydrogen-bond acceptors (Lipinski definition) is 7. The molecule has 1 aromatic heterocycles. The van der Waals surface area contributed by atoms with Gasteiger partial charge in [-0.15, -0.1) is 5.10 Å². The molecule has 2 aliphatic heterocycles. The highest BCUT2D eigenvalue weighted by Crippen LogP contribution is 2.38. The van der Waals surface area contributed by atoms with Crippen molar-refractivity contribution in [2.24, 2.45) is 0 Å². The van der Waals surface area contributed by atoms with Gasteiger partial charge in [0.25, 0.3) is 0 Å². The van der Waals surface area contributed by atoms with Crippen LogP contribution >= 0.6 is 0 Å². The lowest BCUT2D eigenvalue weighted by Crippen LogP contribution is -2.41. The number of rotatable bonds is 4. The number of hydrogen-bond donors (Lipinski definition) is 0. The monoisotopic (exact) mass is 371 g/mol. The molecule has 8 heteroatoms. The molecule has 8 nitrogen and oxygen atoms in total. The third-order valence-electron chi connectivity index (χ3n) is 5.81. The SMILES string of the molecule is c1cc2c(cc1[C@H](c1nnnn1C1CCCCC1)N1CCOCC1)OCO2. The molecule has 0 N–H and O–H groups in total. The van der Waals surface area contributed by atoms with Gasteiger partial charge >= 0.3 is 0 Å². The maximum Gasteiger partial charge on any atom is 0.231 e. The fourth-order valence-electron chi connectivity index (χ4n) is 4.41. The molecule has 144 valence electrons. The van der Waals surface area contributed by atoms with Crippen molar-refractivity contribution in [2.75, 3.05) is 33.1 Å². The molecule has 2 fully saturated rings. The van der Waals surface area contributed by atoms with E-state index in [1.807, 2.05) is 6.07 Å². The zero-order valence-corrected chi connectivity index (χ0v) is 15.4. The number of ether oxygens (including phenoxy) is 3. The maximum atomic E-state index is 5.62. The molecular formula is C19H25N5O3. The molecule has 27 heavy (non-hydrogen) atoms. The van der Waals surface area contributed by atoms with Crippen LogP contribution in [0.2, 0.25) is 0 Å². The molecule has 1 aliphatic carbocycles. The summed E-state index contributed by atoms with van der Waals surface area (Å²) in [5.41, 5.74) is 1.13. The van der Waals surface area contributed by atoms with Crippen LogP contribution < -0.4 is 9.47 Å². The first kappa shape index (κ1) is 16.9. The van der Waals surface area contributed by atoms with Gasteiger partial charge in [0.1, 0.15) is 0 Å². The third-order valence-corrected chi connectivity index (χ3v) is 5.81. The normalized spacial score (nSPS) is 22.1. The Morgan fingerprint density at radius 2 is 1.81 bits per heavy atom. The van der Waals surface area contributed by atoms with Crippen LogP contribution in [-0.4, -0.2) is 58.2 Å². The van der Waals surface area contributed by atoms with Gasteiger partial charge in [0.05, 0.1) is 25.3 Å². The second-order valence-electron chi connectivity index (χ2n) is 7.44. The minimum absolute atomic E-state index is 0.0136. The highest BCUT2D eigenvalue weighted by atomic mass is 16.7. The highest BCUT2D eigenvalue weighted by molar-refractivity contribution is 5.46. The van der Waals surface area contributed by atoms with E-state index >= 15 is 0 Å². The van der Waals surface area contributed by atoms with Crippen LogP contribution in [0, 0.1) is 0 Å². The molecule has 1 aromatic carbocycles. The number of nitrogens with zero attached hydrogens (tertiary/aromatic N) is 5. The quantitative estimate of drug-likeness (QED) is 0.816. The Bertz CT molecular complexity index is 783. The van der Waals surface area contributed by atoms with Crippen LogP contribution in [0.1, 0.15) is 55.6 Å². The smallest absolute Gasteiger partial charge is 0.231 e. The number of aromatic nitrogens is 4. The predicted octanol–water partition coefficient (Wildman–Crippen LogP) is 2.33. The summed E-state index contributed by atoms with van der Waals surface area (Å²) in [6, 6.07) is 6.54. The van der Waals surface area contributed by atoms with E-state index in [0.29, 0.717) is 6.04 Å². The fraction of sp³-hybridized carbons (Fsp3) is 0.632. The van der Waals surface area contributed by atoms with Crippen molar-refractivity contribution in [3.63, 3.8) is 0 Å². The van der Waals surface area contributed by atoms with E-state index in [4.69, 9.17) is 14.2 Å². The van der Waals surface area contributed by atoms with Crippen molar-refractivity contribution in [3.8, 4) is 11.5 Å². The van der Waals surface area contributed by atoms with E-state index in [2.05, 4.69) is 37.2 Å². The van der Waals surface area contributed by atoms with Crippen molar-refractivity contribution in [1.82, 2.24) is 25.1 Å². The zero-order valence-electron chi connectivity index (χ0n) is 15.4. The van der Waals surface area contributed by atoms with Crippen LogP contribution in [0.3, 0.4) is 0 Å². The minimum atomic E-state index is -0.0136. The minimum Gasteiger partial charge on any atom is -0.454 e. The van der Waals surface area contributed by atoms with Crippen molar-refractivity contribution in [1.29, 1.82) is 0 Å². The van der Waals surface area contributed by atoms with Gasteiger partial charge in [-0.05, 0) is 41.0 Å². The molecule has 3 heterocycles. The topological polar surface area (TPSA) is 74.5 Å². The number of fused-ring (bicyclic) bond motifs is 1. The standard InChI is InChI=1S/C19H25N5O3/c1-2-4-15(5-3-1)24-19(20-21-22-24)18(23-8-10-25-11-9-23)14-6-7-16-17(12-14)27-13-26-16/h6-7,12,15,18H,1-5,8-11,13H2/t18-/m1/s1. The Balaban J connectivity index is 1.53. The van der Waals surface area contributed by atoms with Gasteiger partial charge in [-0.3, -0.25) is 4.90 Å². The summed E-state index contributed by atoms with van der Waals surface area (Å²) in [5.74, 6) is 2.51. The summed E-state index contributed by atoms with van der Waals surface area (Å²) in [4.78, 5) is 2.41. The van der Waals surface area contributed by atoms with E-state index in [1.165, 1.54) is 19.3 Å². The summed E-state index contributed by atoms with van der Waals surface area (Å²) < 4.78 is 18.8. The average molecular weight is 371 g/mol. The Kier molecular flexibility index (Phi) is 4.67. The van der Waals surface area contributed by atoms with E-state index in [1.54, 1.807) is 0 Å². The first-order chi connectivity index (χ1) is 13.4. The molecule has 0 radical (unpaired) electrons. The maximum absolute atomic E-state index is 5.62. The molecule has 5 rings (SSSR count). The zero-order chi connectivity index (χ0) is 18.1. The second kappa shape index (κ2) is 7.44. The molecule has 1 saturated carbocycles. The average Bonchev–Trinajstić information content (AvgIpc) is 3.39. The molecule has 0 unspecified atom stereocenters. The first-order valence-corrected chi connectivity index (χ1v) is 9.89. The van der Waals surface area contributed by atoms with Gasteiger partial charge in [0.2, 0.25) is 6.79 Å². The Morgan fingerprint density at radius 1 is 1.00 bits per heavy atom. The predicted molar refractivity (Wildman–Crippen MR) is 96.7 cm³/mol. The summed E-state index contributed by atoms with van der Waals surface area (Å²) >= 11 is 0. The van der Waals surface area contributed by atoms with E-state index in [9.17, 15) is 0 Å². The number of tetrazole rings is 1. The van der Waals surface area contributed by atoms with Crippen molar-refractivity contribution in [3.05, 3.63) is 29.6 Å². The van der Waals surface area contributed by atoms with E-state index in [-0.39, 0.29) is 12.8 Å². The van der Waals surface area contributed by atoms with Crippen LogP contribution in [0.4, 0.5) is 0 Å². The molecule has 0 bridgehead atoms. The molecule has 3 aliphatic rings. The lowest BCUT2D eigenvalue weighted by molar-refractivity contribution is 0.0211. The van der Waals surface area contributed by atoms with Gasteiger partial charge in [-0.25, -0.2) is 4.68 Å². The van der Waals surface area contributed by atoms with Gasteiger partial charge in [0, 0.05) is 13.1 Å². The summed E-state index contributed by atoms with van der Waals surface area (Å²) in [7, 11) is 0. The summed E-state index contributed by atoms with van der Waals surface area (Å²) in [6.07, 6.45) is 6.10. The Morgan fingerprint density at radius 3 is 2.67 bits per heavy atom. The van der Waals surface area contributed by atoms with Crippen LogP contribution in [0.5, 0.6) is 11.5 Å². The lowest BCUT2D eigenvalue weighted by Gasteiger charge is -2.35. The Hall–Kier alpha value is -2.19. The molecular weight excluding hydrogens is 346 g/mol. The third kappa shape index (κ3) is 3.27. The van der Waals surface area contributed by atoms with Crippen molar-refractivity contribution >= 4 is 0 Å². The molecule has 0 spiro atoms. The van der Waals surface area contributed by atoms with Gasteiger partial charge in [-0.1, -0.05) is 25.3 Å². The molecule has 1 atom stereocenters. The summed E-state index contributed by atoms with van der Waals surface area (Å²) in [5, 5.41) is 12.9. The second-order valence-corrected chi connectivity index (χ2v) is 7.44. The molecule has 1 saturated heterocycles. The van der Waals surface area contributed by atoms with Crippen LogP contribution in [-0.2, 0) is 4.74 Å². The highest BCUT2D eigenvalue weighted by Gasteiger charge is 2.32. The lowest BCUT2D eigenvalue weighted by atomic mass is 9.95. The number of benzene rings is 1. The summed E-state index contributed by atoms with van der Waals surface area (Å²) in [6.45, 7) is 3.45. The van der Waals surface area contributed by atoms with Crippen LogP contribution in [0.25, 0.3) is 0 Å². The van der Waals surface area contributed by atoms with E-state index in [0.717, 1.165) is 62.0 Å². The van der Waals surface area contributed by atoms with Crippen LogP contribution in [0.15, 0.2) is 18.2 Å². The fourth-order valence-corrected chi connectivity index (χ4v) is 4.41. The van der Waals surface area contributed by atoms with Crippen molar-refractivity contribution in [2.45, 2.75) is 44.2 Å². The first-order valence-electron chi connectivity index (χ1n) is 9.89. The molecule has 2 aromatic rings. The van der Waals surface area contributed by atoms with Gasteiger partial charge in [-0.2, -0.15) is 0 Å². The number of morpholine rings is 1.